The molecule has 1 heterocycles. The number of carbonyl (C=O) groups is 1. The summed E-state index contributed by atoms with van der Waals surface area (Å²) in [7, 11) is 0. The highest BCUT2D eigenvalue weighted by molar-refractivity contribution is 5.89. The van der Waals surface area contributed by atoms with Crippen LogP contribution in [0.1, 0.15) is 37.6 Å². The zero-order chi connectivity index (χ0) is 16.4. The first-order valence-electron chi connectivity index (χ1n) is 7.91. The topological polar surface area (TPSA) is 59.0 Å². The molecule has 1 aliphatic carbocycles. The van der Waals surface area contributed by atoms with Gasteiger partial charge < -0.3 is 10.6 Å². The van der Waals surface area contributed by atoms with Crippen molar-refractivity contribution in [1.29, 1.82) is 0 Å². The molecule has 0 saturated heterocycles. The van der Waals surface area contributed by atoms with Crippen molar-refractivity contribution in [2.45, 2.75) is 45.2 Å². The van der Waals surface area contributed by atoms with E-state index in [2.05, 4.69) is 29.6 Å². The summed E-state index contributed by atoms with van der Waals surface area (Å²) < 4.78 is 14.9. The van der Waals surface area contributed by atoms with E-state index in [9.17, 15) is 9.18 Å². The first-order chi connectivity index (χ1) is 11.0. The number of carbonyl (C=O) groups excluding carboxylic acids is 1. The van der Waals surface area contributed by atoms with Crippen LogP contribution < -0.4 is 10.6 Å². The van der Waals surface area contributed by atoms with Gasteiger partial charge in [-0.25, -0.2) is 9.18 Å². The van der Waals surface area contributed by atoms with Crippen LogP contribution in [0.15, 0.2) is 30.5 Å². The van der Waals surface area contributed by atoms with Crippen LogP contribution in [0.2, 0.25) is 0 Å². The standard InChI is InChI=1S/C17H21FN4O/c1-11(2)22-16-9-15(6-3-12(16)10-19-22)21-17(23)20-14-7-4-13(18)5-8-14/h4-5,7-8,10-11,15H,3,6,9H2,1-2H3,(H2,20,21,23). The van der Waals surface area contributed by atoms with Crippen molar-refractivity contribution < 1.29 is 9.18 Å². The van der Waals surface area contributed by atoms with Gasteiger partial charge in [-0.3, -0.25) is 4.68 Å². The van der Waals surface area contributed by atoms with Crippen molar-refractivity contribution in [3.05, 3.63) is 47.5 Å². The van der Waals surface area contributed by atoms with Crippen LogP contribution in [0, 0.1) is 5.82 Å². The molecule has 0 spiro atoms. The van der Waals surface area contributed by atoms with Gasteiger partial charge in [0.1, 0.15) is 5.82 Å². The molecule has 1 aromatic carbocycles. The second kappa shape index (κ2) is 6.40. The number of fused-ring (bicyclic) bond motifs is 1. The highest BCUT2D eigenvalue weighted by atomic mass is 19.1. The molecule has 0 bridgehead atoms. The summed E-state index contributed by atoms with van der Waals surface area (Å²) in [6, 6.07) is 5.86. The molecule has 5 nitrogen and oxygen atoms in total. The molecule has 0 saturated carbocycles. The molecule has 0 radical (unpaired) electrons. The van der Waals surface area contributed by atoms with Crippen molar-refractivity contribution in [2.24, 2.45) is 0 Å². The third kappa shape index (κ3) is 3.52. The first kappa shape index (κ1) is 15.5. The monoisotopic (exact) mass is 316 g/mol. The fourth-order valence-corrected chi connectivity index (χ4v) is 2.98. The van der Waals surface area contributed by atoms with E-state index in [4.69, 9.17) is 0 Å². The van der Waals surface area contributed by atoms with Gasteiger partial charge in [0.15, 0.2) is 0 Å². The van der Waals surface area contributed by atoms with E-state index in [-0.39, 0.29) is 17.9 Å². The third-order valence-corrected chi connectivity index (χ3v) is 4.11. The highest BCUT2D eigenvalue weighted by Crippen LogP contribution is 2.23. The van der Waals surface area contributed by atoms with Gasteiger partial charge in [0.05, 0.1) is 6.20 Å². The lowest BCUT2D eigenvalue weighted by molar-refractivity contribution is 0.247. The zero-order valence-electron chi connectivity index (χ0n) is 13.3. The maximum Gasteiger partial charge on any atom is 0.319 e. The lowest BCUT2D eigenvalue weighted by Gasteiger charge is -2.25. The van der Waals surface area contributed by atoms with E-state index in [1.807, 2.05) is 10.9 Å². The summed E-state index contributed by atoms with van der Waals surface area (Å²) in [4.78, 5) is 12.1. The van der Waals surface area contributed by atoms with Crippen LogP contribution in [0.5, 0.6) is 0 Å². The number of benzene rings is 1. The Morgan fingerprint density at radius 1 is 1.35 bits per heavy atom. The minimum Gasteiger partial charge on any atom is -0.335 e. The van der Waals surface area contributed by atoms with Crippen LogP contribution in [0.25, 0.3) is 0 Å². The number of aromatic nitrogens is 2. The van der Waals surface area contributed by atoms with Gasteiger partial charge in [0, 0.05) is 29.9 Å². The molecule has 2 amide bonds. The predicted octanol–water partition coefficient (Wildman–Crippen LogP) is 3.28. The lowest BCUT2D eigenvalue weighted by atomic mass is 9.93. The van der Waals surface area contributed by atoms with Crippen LogP contribution in [0.3, 0.4) is 0 Å². The molecule has 6 heteroatoms. The van der Waals surface area contributed by atoms with Crippen LogP contribution in [-0.2, 0) is 12.8 Å². The zero-order valence-corrected chi connectivity index (χ0v) is 13.3. The van der Waals surface area contributed by atoms with E-state index < -0.39 is 0 Å². The number of amides is 2. The maximum atomic E-state index is 12.9. The van der Waals surface area contributed by atoms with Gasteiger partial charge >= 0.3 is 6.03 Å². The van der Waals surface area contributed by atoms with Crippen molar-refractivity contribution in [3.63, 3.8) is 0 Å². The number of nitrogens with zero attached hydrogens (tertiary/aromatic N) is 2. The third-order valence-electron chi connectivity index (χ3n) is 4.11. The summed E-state index contributed by atoms with van der Waals surface area (Å²) in [6.45, 7) is 4.21. The number of urea groups is 1. The molecule has 1 aliphatic rings. The van der Waals surface area contributed by atoms with Gasteiger partial charge in [-0.1, -0.05) is 0 Å². The molecule has 23 heavy (non-hydrogen) atoms. The summed E-state index contributed by atoms with van der Waals surface area (Å²) in [5.41, 5.74) is 3.06. The Morgan fingerprint density at radius 3 is 2.78 bits per heavy atom. The number of nitrogens with one attached hydrogen (secondary N) is 2. The smallest absolute Gasteiger partial charge is 0.319 e. The van der Waals surface area contributed by atoms with Gasteiger partial charge in [-0.15, -0.1) is 0 Å². The second-order valence-electron chi connectivity index (χ2n) is 6.20. The number of aryl methyl sites for hydroxylation is 1. The Balaban J connectivity index is 1.61. The fraction of sp³-hybridized carbons (Fsp3) is 0.412. The minimum atomic E-state index is -0.322. The largest absolute Gasteiger partial charge is 0.335 e. The van der Waals surface area contributed by atoms with Crippen molar-refractivity contribution in [2.75, 3.05) is 5.32 Å². The molecule has 122 valence electrons. The number of anilines is 1. The highest BCUT2D eigenvalue weighted by Gasteiger charge is 2.24. The van der Waals surface area contributed by atoms with Gasteiger partial charge in [-0.2, -0.15) is 5.10 Å². The Bertz CT molecular complexity index is 693. The number of halogens is 1. The average molecular weight is 316 g/mol. The van der Waals surface area contributed by atoms with Gasteiger partial charge in [0.25, 0.3) is 0 Å². The number of hydrogen-bond acceptors (Lipinski definition) is 2. The predicted molar refractivity (Wildman–Crippen MR) is 87.0 cm³/mol. The molecule has 1 aromatic heterocycles. The summed E-state index contributed by atoms with van der Waals surface area (Å²) >= 11 is 0. The van der Waals surface area contributed by atoms with Gasteiger partial charge in [0.2, 0.25) is 0 Å². The van der Waals surface area contributed by atoms with E-state index in [1.165, 1.54) is 23.4 Å². The Kier molecular flexibility index (Phi) is 4.32. The Hall–Kier alpha value is -2.37. The number of hydrogen-bond donors (Lipinski definition) is 2. The Labute approximate surface area is 134 Å². The molecular weight excluding hydrogens is 295 g/mol. The van der Waals surface area contributed by atoms with Crippen molar-refractivity contribution in [1.82, 2.24) is 15.1 Å². The SMILES string of the molecule is CC(C)n1ncc2c1CC(NC(=O)Nc1ccc(F)cc1)CC2. The molecule has 0 fully saturated rings. The number of rotatable bonds is 3. The molecule has 1 atom stereocenters. The Morgan fingerprint density at radius 2 is 2.09 bits per heavy atom. The van der Waals surface area contributed by atoms with Crippen LogP contribution in [-0.4, -0.2) is 21.9 Å². The molecule has 3 rings (SSSR count). The molecule has 0 aliphatic heterocycles. The maximum absolute atomic E-state index is 12.9. The molecule has 1 unspecified atom stereocenters. The summed E-state index contributed by atoms with van der Waals surface area (Å²) in [5.74, 6) is -0.322. The summed E-state index contributed by atoms with van der Waals surface area (Å²) in [5, 5.41) is 10.2. The van der Waals surface area contributed by atoms with E-state index in [0.717, 1.165) is 19.3 Å². The summed E-state index contributed by atoms with van der Waals surface area (Å²) in [6.07, 6.45) is 4.53. The van der Waals surface area contributed by atoms with Gasteiger partial charge in [-0.05, 0) is 56.5 Å². The lowest BCUT2D eigenvalue weighted by Crippen LogP contribution is -2.41. The van der Waals surface area contributed by atoms with Crippen molar-refractivity contribution >= 4 is 11.7 Å². The normalized spacial score (nSPS) is 17.0. The minimum absolute atomic E-state index is 0.0807. The molecule has 2 aromatic rings. The average Bonchev–Trinajstić information content (AvgIpc) is 2.93. The van der Waals surface area contributed by atoms with Crippen LogP contribution >= 0.6 is 0 Å². The fourth-order valence-electron chi connectivity index (χ4n) is 2.98. The van der Waals surface area contributed by atoms with E-state index in [1.54, 1.807) is 12.1 Å². The molecule has 2 N–H and O–H groups in total. The molecular formula is C17H21FN4O. The van der Waals surface area contributed by atoms with Crippen LogP contribution in [0.4, 0.5) is 14.9 Å². The first-order valence-corrected chi connectivity index (χ1v) is 7.91. The quantitative estimate of drug-likeness (QED) is 0.913. The second-order valence-corrected chi connectivity index (χ2v) is 6.20. The van der Waals surface area contributed by atoms with E-state index in [0.29, 0.717) is 11.7 Å². The van der Waals surface area contributed by atoms with E-state index >= 15 is 0 Å². The van der Waals surface area contributed by atoms with Crippen molar-refractivity contribution in [3.8, 4) is 0 Å².